The third kappa shape index (κ3) is 6.64. The van der Waals surface area contributed by atoms with Gasteiger partial charge in [-0.1, -0.05) is 26.0 Å². The molecule has 0 aliphatic heterocycles. The van der Waals surface area contributed by atoms with E-state index in [4.69, 9.17) is 9.47 Å². The van der Waals surface area contributed by atoms with Crippen molar-refractivity contribution < 1.29 is 19.4 Å². The largest absolute Gasteiger partial charge is 0.508 e. The monoisotopic (exact) mass is 387 g/mol. The highest BCUT2D eigenvalue weighted by Gasteiger charge is 2.13. The quantitative estimate of drug-likeness (QED) is 0.551. The Morgan fingerprint density at radius 3 is 2.71 bits per heavy atom. The number of carbonyl (C=O) groups is 1. The molecule has 2 amide bonds. The van der Waals surface area contributed by atoms with Crippen molar-refractivity contribution in [1.82, 2.24) is 10.3 Å². The molecule has 0 saturated heterocycles. The third-order valence-corrected chi connectivity index (χ3v) is 4.17. The molecule has 7 heteroatoms. The molecule has 2 rings (SSSR count). The lowest BCUT2D eigenvalue weighted by atomic mass is 10.1. The van der Waals surface area contributed by atoms with Crippen molar-refractivity contribution in [2.24, 2.45) is 5.92 Å². The van der Waals surface area contributed by atoms with Gasteiger partial charge in [-0.05, 0) is 43.4 Å². The summed E-state index contributed by atoms with van der Waals surface area (Å²) in [4.78, 5) is 16.5. The van der Waals surface area contributed by atoms with Crippen LogP contribution in [0.2, 0.25) is 0 Å². The summed E-state index contributed by atoms with van der Waals surface area (Å²) in [6.07, 6.45) is 3.52. The molecule has 0 aliphatic rings. The van der Waals surface area contributed by atoms with Crippen molar-refractivity contribution in [2.45, 2.75) is 39.7 Å². The van der Waals surface area contributed by atoms with Crippen molar-refractivity contribution >= 4 is 11.7 Å². The predicted octanol–water partition coefficient (Wildman–Crippen LogP) is 4.49. The van der Waals surface area contributed by atoms with Gasteiger partial charge in [-0.15, -0.1) is 0 Å². The Balaban J connectivity index is 1.96. The van der Waals surface area contributed by atoms with Crippen molar-refractivity contribution in [2.75, 3.05) is 19.0 Å². The third-order valence-electron chi connectivity index (χ3n) is 4.17. The van der Waals surface area contributed by atoms with E-state index >= 15 is 0 Å². The van der Waals surface area contributed by atoms with Crippen molar-refractivity contribution in [1.29, 1.82) is 0 Å². The summed E-state index contributed by atoms with van der Waals surface area (Å²) in [6.45, 7) is 6.73. The van der Waals surface area contributed by atoms with Crippen LogP contribution in [0.5, 0.6) is 17.4 Å². The number of phenolic OH excluding ortho intramolecular Hbond substituents is 1. The van der Waals surface area contributed by atoms with Crippen LogP contribution < -0.4 is 20.1 Å². The number of ether oxygens (including phenoxy) is 2. The number of benzene rings is 1. The molecule has 7 nitrogen and oxygen atoms in total. The smallest absolute Gasteiger partial charge is 0.319 e. The minimum Gasteiger partial charge on any atom is -0.508 e. The zero-order valence-corrected chi connectivity index (χ0v) is 16.9. The molecule has 3 N–H and O–H groups in total. The number of aromatic hydroxyl groups is 1. The molecule has 0 fully saturated rings. The van der Waals surface area contributed by atoms with Gasteiger partial charge >= 0.3 is 6.03 Å². The first-order valence-electron chi connectivity index (χ1n) is 9.42. The van der Waals surface area contributed by atoms with Gasteiger partial charge in [0.2, 0.25) is 0 Å². The van der Waals surface area contributed by atoms with E-state index in [9.17, 15) is 9.90 Å². The lowest BCUT2D eigenvalue weighted by molar-refractivity contribution is 0.249. The Hall–Kier alpha value is -2.96. The molecule has 1 heterocycles. The minimum atomic E-state index is -0.381. The topological polar surface area (TPSA) is 92.7 Å². The molecular formula is C21H29N3O4. The van der Waals surface area contributed by atoms with E-state index in [1.54, 1.807) is 24.3 Å². The zero-order valence-electron chi connectivity index (χ0n) is 16.9. The van der Waals surface area contributed by atoms with Crippen LogP contribution in [0.15, 0.2) is 36.5 Å². The van der Waals surface area contributed by atoms with Crippen LogP contribution in [0.25, 0.3) is 0 Å². The molecule has 152 valence electrons. The maximum Gasteiger partial charge on any atom is 0.319 e. The first kappa shape index (κ1) is 21.3. The second-order valence-corrected chi connectivity index (χ2v) is 7.03. The number of anilines is 1. The molecule has 0 unspecified atom stereocenters. The van der Waals surface area contributed by atoms with Gasteiger partial charge in [-0.25, -0.2) is 9.78 Å². The van der Waals surface area contributed by atoms with Crippen molar-refractivity contribution in [3.05, 3.63) is 42.1 Å². The van der Waals surface area contributed by atoms with Crippen molar-refractivity contribution in [3.63, 3.8) is 0 Å². The number of amides is 2. The number of methoxy groups -OCH3 is 1. The van der Waals surface area contributed by atoms with E-state index in [0.717, 1.165) is 18.4 Å². The molecule has 2 aromatic rings. The first-order chi connectivity index (χ1) is 13.4. The van der Waals surface area contributed by atoms with Crippen LogP contribution in [0.3, 0.4) is 0 Å². The van der Waals surface area contributed by atoms with Gasteiger partial charge in [0, 0.05) is 6.07 Å². The lowest BCUT2D eigenvalue weighted by Crippen LogP contribution is -2.31. The van der Waals surface area contributed by atoms with Crippen molar-refractivity contribution in [3.8, 4) is 17.4 Å². The summed E-state index contributed by atoms with van der Waals surface area (Å²) in [5.74, 6) is 1.65. The number of nitrogens with one attached hydrogen (secondary N) is 2. The van der Waals surface area contributed by atoms with Gasteiger partial charge < -0.3 is 25.2 Å². The summed E-state index contributed by atoms with van der Waals surface area (Å²) in [6, 6.07) is 7.81. The SMILES string of the molecule is COc1ncc(NC(=O)N[C@@H](C)c2cccc(O)c2)cc1OCCCC(C)C. The fourth-order valence-corrected chi connectivity index (χ4v) is 2.67. The van der Waals surface area contributed by atoms with E-state index in [2.05, 4.69) is 29.5 Å². The molecule has 0 radical (unpaired) electrons. The van der Waals surface area contributed by atoms with Gasteiger partial charge in [-0.3, -0.25) is 0 Å². The van der Waals surface area contributed by atoms with Gasteiger partial charge in [0.25, 0.3) is 5.88 Å². The highest BCUT2D eigenvalue weighted by Crippen LogP contribution is 2.28. The number of nitrogens with zero attached hydrogens (tertiary/aromatic N) is 1. The van der Waals surface area contributed by atoms with Crippen LogP contribution in [0.4, 0.5) is 10.5 Å². The molecule has 0 saturated carbocycles. The maximum absolute atomic E-state index is 12.3. The van der Waals surface area contributed by atoms with E-state index in [1.165, 1.54) is 13.3 Å². The Bertz CT molecular complexity index is 780. The number of phenols is 1. The van der Waals surface area contributed by atoms with E-state index in [-0.39, 0.29) is 17.8 Å². The van der Waals surface area contributed by atoms with Gasteiger partial charge in [0.1, 0.15) is 5.75 Å². The second kappa shape index (κ2) is 10.4. The van der Waals surface area contributed by atoms with Crippen LogP contribution >= 0.6 is 0 Å². The molecule has 0 spiro atoms. The molecule has 0 aliphatic carbocycles. The predicted molar refractivity (Wildman–Crippen MR) is 109 cm³/mol. The summed E-state index contributed by atoms with van der Waals surface area (Å²) in [7, 11) is 1.53. The summed E-state index contributed by atoms with van der Waals surface area (Å²) >= 11 is 0. The zero-order chi connectivity index (χ0) is 20.5. The van der Waals surface area contributed by atoms with Crippen LogP contribution in [-0.4, -0.2) is 29.8 Å². The Labute approximate surface area is 166 Å². The summed E-state index contributed by atoms with van der Waals surface area (Å²) in [5.41, 5.74) is 1.30. The van der Waals surface area contributed by atoms with E-state index in [0.29, 0.717) is 29.8 Å². The van der Waals surface area contributed by atoms with Gasteiger partial charge in [0.05, 0.1) is 31.6 Å². The second-order valence-electron chi connectivity index (χ2n) is 7.03. The van der Waals surface area contributed by atoms with E-state index in [1.807, 2.05) is 13.0 Å². The Morgan fingerprint density at radius 2 is 2.04 bits per heavy atom. The number of rotatable bonds is 9. The standard InChI is InChI=1S/C21H29N3O4/c1-14(2)7-6-10-28-19-12-17(13-22-20(19)27-4)24-21(26)23-15(3)16-8-5-9-18(25)11-16/h5,8-9,11-15,25H,6-7,10H2,1-4H3,(H2,23,24,26)/t15-/m0/s1. The number of hydrogen-bond donors (Lipinski definition) is 3. The number of aromatic nitrogens is 1. The molecule has 1 aromatic heterocycles. The molecule has 28 heavy (non-hydrogen) atoms. The molecule has 1 aromatic carbocycles. The average Bonchev–Trinajstić information content (AvgIpc) is 2.65. The molecule has 1 atom stereocenters. The first-order valence-corrected chi connectivity index (χ1v) is 9.42. The number of carbonyl (C=O) groups excluding carboxylic acids is 1. The average molecular weight is 387 g/mol. The summed E-state index contributed by atoms with van der Waals surface area (Å²) < 4.78 is 11.0. The Kier molecular flexibility index (Phi) is 7.92. The maximum atomic E-state index is 12.3. The highest BCUT2D eigenvalue weighted by molar-refractivity contribution is 5.89. The highest BCUT2D eigenvalue weighted by atomic mass is 16.5. The van der Waals surface area contributed by atoms with E-state index < -0.39 is 0 Å². The number of urea groups is 1. The number of hydrogen-bond acceptors (Lipinski definition) is 5. The summed E-state index contributed by atoms with van der Waals surface area (Å²) in [5, 5.41) is 15.1. The van der Waals surface area contributed by atoms with Gasteiger partial charge in [-0.2, -0.15) is 0 Å². The van der Waals surface area contributed by atoms with Gasteiger partial charge in [0.15, 0.2) is 5.75 Å². The molecular weight excluding hydrogens is 358 g/mol. The minimum absolute atomic E-state index is 0.158. The molecule has 0 bridgehead atoms. The fourth-order valence-electron chi connectivity index (χ4n) is 2.67. The Morgan fingerprint density at radius 1 is 1.25 bits per heavy atom. The van der Waals surface area contributed by atoms with Crippen LogP contribution in [-0.2, 0) is 0 Å². The fraction of sp³-hybridized carbons (Fsp3) is 0.429. The normalized spacial score (nSPS) is 11.8. The van der Waals surface area contributed by atoms with Crippen LogP contribution in [0.1, 0.15) is 45.2 Å². The lowest BCUT2D eigenvalue weighted by Gasteiger charge is -2.16. The number of pyridine rings is 1. The van der Waals surface area contributed by atoms with Crippen LogP contribution in [0, 0.1) is 5.92 Å².